The molecule has 1 aliphatic heterocycles. The van der Waals surface area contributed by atoms with Gasteiger partial charge in [0.25, 0.3) is 0 Å². The summed E-state index contributed by atoms with van der Waals surface area (Å²) in [5.41, 5.74) is 2.85. The lowest BCUT2D eigenvalue weighted by Crippen LogP contribution is -2.34. The van der Waals surface area contributed by atoms with Crippen LogP contribution in [0.25, 0.3) is 0 Å². The van der Waals surface area contributed by atoms with Crippen molar-refractivity contribution in [1.29, 1.82) is 0 Å². The predicted molar refractivity (Wildman–Crippen MR) is 62.3 cm³/mol. The van der Waals surface area contributed by atoms with Gasteiger partial charge in [0.2, 0.25) is 0 Å². The van der Waals surface area contributed by atoms with Crippen molar-refractivity contribution in [2.24, 2.45) is 5.73 Å². The monoisotopic (exact) mass is 313 g/mol. The van der Waals surface area contributed by atoms with E-state index in [-0.39, 0.29) is 18.2 Å². The van der Waals surface area contributed by atoms with E-state index in [2.05, 4.69) is 0 Å². The lowest BCUT2D eigenvalue weighted by atomic mass is 9.93. The molecular weight excluding hydrogens is 300 g/mol. The Balaban J connectivity index is 2.49. The third-order valence-corrected chi connectivity index (χ3v) is 3.31. The fourth-order valence-corrected chi connectivity index (χ4v) is 2.29. The number of benzene rings is 1. The molecule has 2 rings (SSSR count). The topological polar surface area (TPSA) is 35.2 Å². The summed E-state index contributed by atoms with van der Waals surface area (Å²) >= 11 is 0. The van der Waals surface area contributed by atoms with E-state index in [0.717, 1.165) is 0 Å². The molecule has 0 saturated carbocycles. The van der Waals surface area contributed by atoms with E-state index in [9.17, 15) is 26.3 Å². The Morgan fingerprint density at radius 2 is 1.48 bits per heavy atom. The minimum absolute atomic E-state index is 0.0951. The first-order chi connectivity index (χ1) is 9.59. The highest BCUT2D eigenvalue weighted by molar-refractivity contribution is 5.35. The van der Waals surface area contributed by atoms with Gasteiger partial charge in [0.15, 0.2) is 0 Å². The fraction of sp³-hybridized carbons (Fsp3) is 0.538. The molecule has 0 spiro atoms. The summed E-state index contributed by atoms with van der Waals surface area (Å²) in [5.74, 6) is 0. The Labute approximate surface area is 116 Å². The molecule has 0 aliphatic carbocycles. The first-order valence-electron chi connectivity index (χ1n) is 6.25. The van der Waals surface area contributed by atoms with Crippen molar-refractivity contribution in [2.75, 3.05) is 6.61 Å². The second-order valence-corrected chi connectivity index (χ2v) is 4.94. The zero-order chi connectivity index (χ0) is 15.8. The minimum Gasteiger partial charge on any atom is -0.372 e. The molecule has 2 N–H and O–H groups in total. The van der Waals surface area contributed by atoms with Gasteiger partial charge in [-0.05, 0) is 36.6 Å². The van der Waals surface area contributed by atoms with Crippen molar-refractivity contribution in [1.82, 2.24) is 0 Å². The molecule has 0 amide bonds. The highest BCUT2D eigenvalue weighted by atomic mass is 19.4. The molecule has 0 radical (unpaired) electrons. The van der Waals surface area contributed by atoms with E-state index >= 15 is 0 Å². The number of hydrogen-bond acceptors (Lipinski definition) is 2. The molecule has 2 atom stereocenters. The minimum atomic E-state index is -4.87. The standard InChI is InChI=1S/C13H13F6NO/c14-12(15,16)8-4-7(5-9(6-8)13(17,18)19)11-10(20)2-1-3-21-11/h4-6,10-11H,1-3,20H2. The van der Waals surface area contributed by atoms with E-state index in [1.165, 1.54) is 0 Å². The maximum atomic E-state index is 12.8. The van der Waals surface area contributed by atoms with E-state index < -0.39 is 35.6 Å². The zero-order valence-corrected chi connectivity index (χ0v) is 10.8. The van der Waals surface area contributed by atoms with Gasteiger partial charge in [0.05, 0.1) is 17.2 Å². The van der Waals surface area contributed by atoms with Gasteiger partial charge in [0, 0.05) is 12.6 Å². The van der Waals surface area contributed by atoms with E-state index in [4.69, 9.17) is 10.5 Å². The van der Waals surface area contributed by atoms with Crippen LogP contribution < -0.4 is 5.73 Å². The molecular formula is C13H13F6NO. The van der Waals surface area contributed by atoms with Crippen molar-refractivity contribution in [3.8, 4) is 0 Å². The molecule has 0 bridgehead atoms. The second kappa shape index (κ2) is 5.49. The Morgan fingerprint density at radius 3 is 1.90 bits per heavy atom. The molecule has 118 valence electrons. The highest BCUT2D eigenvalue weighted by Crippen LogP contribution is 2.39. The third-order valence-electron chi connectivity index (χ3n) is 3.31. The molecule has 2 unspecified atom stereocenters. The van der Waals surface area contributed by atoms with Crippen molar-refractivity contribution in [2.45, 2.75) is 37.3 Å². The SMILES string of the molecule is NC1CCCOC1c1cc(C(F)(F)F)cc(C(F)(F)F)c1. The van der Waals surface area contributed by atoms with Crippen LogP contribution in [0.2, 0.25) is 0 Å². The molecule has 2 nitrogen and oxygen atoms in total. The van der Waals surface area contributed by atoms with E-state index in [0.29, 0.717) is 25.0 Å². The highest BCUT2D eigenvalue weighted by Gasteiger charge is 2.38. The first kappa shape index (κ1) is 16.1. The lowest BCUT2D eigenvalue weighted by Gasteiger charge is -2.30. The molecule has 1 aromatic carbocycles. The van der Waals surface area contributed by atoms with Crippen molar-refractivity contribution >= 4 is 0 Å². The largest absolute Gasteiger partial charge is 0.416 e. The summed E-state index contributed by atoms with van der Waals surface area (Å²) in [6.45, 7) is 0.260. The van der Waals surface area contributed by atoms with Crippen LogP contribution >= 0.6 is 0 Å². The maximum Gasteiger partial charge on any atom is 0.416 e. The van der Waals surface area contributed by atoms with Crippen LogP contribution in [0.1, 0.15) is 35.6 Å². The third kappa shape index (κ3) is 3.68. The summed E-state index contributed by atoms with van der Waals surface area (Å²) in [5, 5.41) is 0. The molecule has 1 saturated heterocycles. The van der Waals surface area contributed by atoms with Crippen LogP contribution in [0.5, 0.6) is 0 Å². The van der Waals surface area contributed by atoms with Gasteiger partial charge in [-0.1, -0.05) is 0 Å². The normalized spacial score (nSPS) is 24.1. The number of rotatable bonds is 1. The lowest BCUT2D eigenvalue weighted by molar-refractivity contribution is -0.143. The Bertz CT molecular complexity index is 478. The molecule has 1 aromatic rings. The summed E-state index contributed by atoms with van der Waals surface area (Å²) in [6, 6.07) is 0.817. The average Bonchev–Trinajstić information content (AvgIpc) is 2.36. The van der Waals surface area contributed by atoms with E-state index in [1.54, 1.807) is 0 Å². The van der Waals surface area contributed by atoms with Gasteiger partial charge in [-0.25, -0.2) is 0 Å². The van der Waals surface area contributed by atoms with Crippen LogP contribution in [0, 0.1) is 0 Å². The number of hydrogen-bond donors (Lipinski definition) is 1. The van der Waals surface area contributed by atoms with Gasteiger partial charge in [-0.2, -0.15) is 26.3 Å². The number of ether oxygens (including phenoxy) is 1. The molecule has 0 aromatic heterocycles. The Kier molecular flexibility index (Phi) is 4.21. The number of alkyl halides is 6. The summed E-state index contributed by atoms with van der Waals surface area (Å²) < 4.78 is 81.8. The Morgan fingerprint density at radius 1 is 0.952 bits per heavy atom. The number of halogens is 6. The quantitative estimate of drug-likeness (QED) is 0.798. The number of nitrogens with two attached hydrogens (primary N) is 1. The zero-order valence-electron chi connectivity index (χ0n) is 10.8. The average molecular weight is 313 g/mol. The maximum absolute atomic E-state index is 12.8. The smallest absolute Gasteiger partial charge is 0.372 e. The van der Waals surface area contributed by atoms with Gasteiger partial charge < -0.3 is 10.5 Å². The molecule has 1 aliphatic rings. The molecule has 1 heterocycles. The molecule has 21 heavy (non-hydrogen) atoms. The summed E-state index contributed by atoms with van der Waals surface area (Å²) in [7, 11) is 0. The summed E-state index contributed by atoms with van der Waals surface area (Å²) in [6.07, 6.45) is -9.57. The van der Waals surface area contributed by atoms with Gasteiger partial charge in [0.1, 0.15) is 0 Å². The van der Waals surface area contributed by atoms with Crippen molar-refractivity contribution in [3.05, 3.63) is 34.9 Å². The van der Waals surface area contributed by atoms with Crippen LogP contribution in [-0.2, 0) is 17.1 Å². The van der Waals surface area contributed by atoms with Crippen LogP contribution in [0.4, 0.5) is 26.3 Å². The van der Waals surface area contributed by atoms with Crippen molar-refractivity contribution in [3.63, 3.8) is 0 Å². The Hall–Kier alpha value is -1.28. The predicted octanol–water partition coefficient (Wildman–Crippen LogP) is 3.90. The van der Waals surface area contributed by atoms with Crippen LogP contribution in [0.15, 0.2) is 18.2 Å². The second-order valence-electron chi connectivity index (χ2n) is 4.94. The van der Waals surface area contributed by atoms with E-state index in [1.807, 2.05) is 0 Å². The van der Waals surface area contributed by atoms with Crippen LogP contribution in [0.3, 0.4) is 0 Å². The van der Waals surface area contributed by atoms with Gasteiger partial charge in [-0.3, -0.25) is 0 Å². The van der Waals surface area contributed by atoms with Crippen molar-refractivity contribution < 1.29 is 31.1 Å². The molecule has 8 heteroatoms. The summed E-state index contributed by atoms with van der Waals surface area (Å²) in [4.78, 5) is 0. The van der Waals surface area contributed by atoms with Gasteiger partial charge >= 0.3 is 12.4 Å². The van der Waals surface area contributed by atoms with Gasteiger partial charge in [-0.15, -0.1) is 0 Å². The fourth-order valence-electron chi connectivity index (χ4n) is 2.29. The molecule has 1 fully saturated rings. The van der Waals surface area contributed by atoms with Crippen LogP contribution in [-0.4, -0.2) is 12.6 Å². The first-order valence-corrected chi connectivity index (χ1v) is 6.25.